The number of rotatable bonds is 3. The summed E-state index contributed by atoms with van der Waals surface area (Å²) >= 11 is 0. The topological polar surface area (TPSA) is 76.5 Å². The van der Waals surface area contributed by atoms with E-state index in [1.807, 2.05) is 25.1 Å². The fourth-order valence-corrected chi connectivity index (χ4v) is 3.88. The van der Waals surface area contributed by atoms with Crippen LogP contribution in [0, 0.1) is 6.92 Å². The van der Waals surface area contributed by atoms with Crippen LogP contribution in [-0.2, 0) is 9.47 Å². The third kappa shape index (κ3) is 3.66. The highest BCUT2D eigenvalue weighted by Gasteiger charge is 2.39. The summed E-state index contributed by atoms with van der Waals surface area (Å²) in [4.78, 5) is 9.13. The molecular formula is C20H25N3O3. The number of phenolic OH excluding ortho intramolecular Hbond substituents is 1. The first-order chi connectivity index (χ1) is 12.6. The number of ether oxygens (including phenoxy) is 2. The van der Waals surface area contributed by atoms with E-state index in [0.717, 1.165) is 57.0 Å². The molecule has 1 aromatic carbocycles. The summed E-state index contributed by atoms with van der Waals surface area (Å²) in [5, 5.41) is 13.7. The number of nitrogens with zero attached hydrogens (tertiary/aromatic N) is 2. The lowest BCUT2D eigenvalue weighted by Gasteiger charge is -2.43. The molecule has 26 heavy (non-hydrogen) atoms. The van der Waals surface area contributed by atoms with Crippen molar-refractivity contribution in [3.63, 3.8) is 0 Å². The van der Waals surface area contributed by atoms with Gasteiger partial charge in [-0.25, -0.2) is 9.97 Å². The summed E-state index contributed by atoms with van der Waals surface area (Å²) in [5.74, 6) is 1.53. The average Bonchev–Trinajstić information content (AvgIpc) is 2.62. The molecule has 2 aromatic rings. The molecule has 0 unspecified atom stereocenters. The Morgan fingerprint density at radius 2 is 1.96 bits per heavy atom. The summed E-state index contributed by atoms with van der Waals surface area (Å²) in [6, 6.07) is 9.43. The Hall–Kier alpha value is -2.18. The first kappa shape index (κ1) is 17.2. The third-order valence-electron chi connectivity index (χ3n) is 5.25. The molecule has 0 saturated carbocycles. The van der Waals surface area contributed by atoms with Crippen molar-refractivity contribution >= 4 is 5.82 Å². The predicted octanol–water partition coefficient (Wildman–Crippen LogP) is 3.30. The van der Waals surface area contributed by atoms with Crippen molar-refractivity contribution < 1.29 is 14.6 Å². The van der Waals surface area contributed by atoms with Crippen LogP contribution < -0.4 is 5.32 Å². The van der Waals surface area contributed by atoms with Gasteiger partial charge in [0.15, 0.2) is 5.82 Å². The van der Waals surface area contributed by atoms with Gasteiger partial charge in [-0.3, -0.25) is 0 Å². The number of aromatic hydroxyl groups is 1. The van der Waals surface area contributed by atoms with Crippen molar-refractivity contribution in [3.8, 4) is 17.1 Å². The zero-order valence-electron chi connectivity index (χ0n) is 15.1. The number of hydrogen-bond donors (Lipinski definition) is 2. The van der Waals surface area contributed by atoms with E-state index in [1.165, 1.54) is 0 Å². The molecule has 2 saturated heterocycles. The molecule has 1 atom stereocenters. The number of nitrogens with one attached hydrogen (secondary N) is 1. The molecule has 6 heteroatoms. The van der Waals surface area contributed by atoms with E-state index in [2.05, 4.69) is 15.3 Å². The Bertz CT molecular complexity index is 769. The minimum atomic E-state index is -0.0588. The van der Waals surface area contributed by atoms with Gasteiger partial charge in [0, 0.05) is 37.6 Å². The lowest BCUT2D eigenvalue weighted by atomic mass is 9.84. The number of aryl methyl sites for hydroxylation is 1. The fraction of sp³-hybridized carbons (Fsp3) is 0.500. The molecule has 4 rings (SSSR count). The second kappa shape index (κ2) is 7.21. The van der Waals surface area contributed by atoms with Crippen molar-refractivity contribution in [2.45, 2.75) is 44.2 Å². The molecule has 1 spiro atoms. The maximum absolute atomic E-state index is 10.1. The van der Waals surface area contributed by atoms with E-state index >= 15 is 0 Å². The summed E-state index contributed by atoms with van der Waals surface area (Å²) < 4.78 is 11.6. The van der Waals surface area contributed by atoms with Crippen molar-refractivity contribution in [1.29, 1.82) is 0 Å². The first-order valence-electron chi connectivity index (χ1n) is 9.26. The monoisotopic (exact) mass is 355 g/mol. The summed E-state index contributed by atoms with van der Waals surface area (Å²) in [5.41, 5.74) is 1.46. The largest absolute Gasteiger partial charge is 0.507 e. The van der Waals surface area contributed by atoms with Crippen molar-refractivity contribution in [3.05, 3.63) is 36.0 Å². The van der Waals surface area contributed by atoms with Gasteiger partial charge in [0.2, 0.25) is 0 Å². The van der Waals surface area contributed by atoms with Gasteiger partial charge in [0.1, 0.15) is 11.6 Å². The molecule has 2 aliphatic heterocycles. The molecule has 0 bridgehead atoms. The smallest absolute Gasteiger partial charge is 0.165 e. The highest BCUT2D eigenvalue weighted by atomic mass is 16.5. The van der Waals surface area contributed by atoms with Crippen LogP contribution in [0.2, 0.25) is 0 Å². The van der Waals surface area contributed by atoms with Crippen LogP contribution in [0.15, 0.2) is 30.3 Å². The van der Waals surface area contributed by atoms with Gasteiger partial charge in [-0.15, -0.1) is 0 Å². The molecule has 0 radical (unpaired) electrons. The number of aromatic nitrogens is 2. The molecule has 0 aliphatic carbocycles. The molecule has 2 fully saturated rings. The van der Waals surface area contributed by atoms with Gasteiger partial charge in [0.25, 0.3) is 0 Å². The molecule has 1 aromatic heterocycles. The van der Waals surface area contributed by atoms with E-state index in [0.29, 0.717) is 17.4 Å². The quantitative estimate of drug-likeness (QED) is 0.880. The van der Waals surface area contributed by atoms with Gasteiger partial charge in [-0.2, -0.15) is 0 Å². The van der Waals surface area contributed by atoms with Crippen LogP contribution in [0.1, 0.15) is 31.4 Å². The van der Waals surface area contributed by atoms with E-state index in [9.17, 15) is 5.11 Å². The maximum Gasteiger partial charge on any atom is 0.165 e. The zero-order valence-corrected chi connectivity index (χ0v) is 15.1. The lowest BCUT2D eigenvalue weighted by Crippen LogP contribution is -2.47. The number of hydrogen-bond acceptors (Lipinski definition) is 6. The van der Waals surface area contributed by atoms with Crippen LogP contribution in [0.25, 0.3) is 11.4 Å². The minimum absolute atomic E-state index is 0.0588. The Labute approximate surface area is 153 Å². The van der Waals surface area contributed by atoms with Crippen LogP contribution in [0.4, 0.5) is 5.82 Å². The van der Waals surface area contributed by atoms with Gasteiger partial charge in [0.05, 0.1) is 11.2 Å². The van der Waals surface area contributed by atoms with E-state index in [1.54, 1.807) is 12.1 Å². The Balaban J connectivity index is 1.54. The standard InChI is InChI=1S/C20H25N3O3/c1-14-12-18(23-19(21-14)16-4-2-3-5-17(16)24)22-15-6-9-26-20(13-15)7-10-25-11-8-20/h2-5,12,15,24H,6-11,13H2,1H3,(H,21,22,23)/t15-/m0/s1. The minimum Gasteiger partial charge on any atom is -0.507 e. The molecular weight excluding hydrogens is 330 g/mol. The van der Waals surface area contributed by atoms with Gasteiger partial charge < -0.3 is 19.9 Å². The summed E-state index contributed by atoms with van der Waals surface area (Å²) in [6.45, 7) is 4.25. The maximum atomic E-state index is 10.1. The molecule has 2 N–H and O–H groups in total. The normalized spacial score (nSPS) is 22.3. The first-order valence-corrected chi connectivity index (χ1v) is 9.26. The van der Waals surface area contributed by atoms with E-state index < -0.39 is 0 Å². The molecule has 2 aliphatic rings. The number of phenols is 1. The SMILES string of the molecule is Cc1cc(N[C@H]2CCOC3(CCOCC3)C2)nc(-c2ccccc2O)n1. The number of anilines is 1. The second-order valence-corrected chi connectivity index (χ2v) is 7.21. The Morgan fingerprint density at radius 3 is 2.77 bits per heavy atom. The predicted molar refractivity (Wildman–Crippen MR) is 99.3 cm³/mol. The van der Waals surface area contributed by atoms with Crippen LogP contribution >= 0.6 is 0 Å². The fourth-order valence-electron chi connectivity index (χ4n) is 3.88. The van der Waals surface area contributed by atoms with E-state index in [4.69, 9.17) is 9.47 Å². The molecule has 0 amide bonds. The average molecular weight is 355 g/mol. The highest BCUT2D eigenvalue weighted by Crippen LogP contribution is 2.35. The number of benzene rings is 1. The van der Waals surface area contributed by atoms with Crippen LogP contribution in [0.5, 0.6) is 5.75 Å². The Morgan fingerprint density at radius 1 is 1.15 bits per heavy atom. The molecule has 3 heterocycles. The highest BCUT2D eigenvalue weighted by molar-refractivity contribution is 5.64. The molecule has 138 valence electrons. The third-order valence-corrected chi connectivity index (χ3v) is 5.25. The van der Waals surface area contributed by atoms with Gasteiger partial charge in [-0.1, -0.05) is 12.1 Å². The number of para-hydroxylation sites is 1. The Kier molecular flexibility index (Phi) is 4.78. The molecule has 6 nitrogen and oxygen atoms in total. The van der Waals surface area contributed by atoms with Crippen molar-refractivity contribution in [2.24, 2.45) is 0 Å². The summed E-state index contributed by atoms with van der Waals surface area (Å²) in [7, 11) is 0. The zero-order chi connectivity index (χ0) is 18.0. The van der Waals surface area contributed by atoms with Crippen molar-refractivity contribution in [2.75, 3.05) is 25.1 Å². The van der Waals surface area contributed by atoms with Crippen LogP contribution in [-0.4, -0.2) is 46.5 Å². The summed E-state index contributed by atoms with van der Waals surface area (Å²) in [6.07, 6.45) is 3.83. The second-order valence-electron chi connectivity index (χ2n) is 7.21. The van der Waals surface area contributed by atoms with Crippen LogP contribution in [0.3, 0.4) is 0 Å². The van der Waals surface area contributed by atoms with Crippen molar-refractivity contribution in [1.82, 2.24) is 9.97 Å². The van der Waals surface area contributed by atoms with Gasteiger partial charge >= 0.3 is 0 Å². The van der Waals surface area contributed by atoms with Gasteiger partial charge in [-0.05, 0) is 44.7 Å². The van der Waals surface area contributed by atoms with E-state index in [-0.39, 0.29) is 11.4 Å². The lowest BCUT2D eigenvalue weighted by molar-refractivity contribution is -0.135.